The number of hydrogen-bond donors (Lipinski definition) is 2. The highest BCUT2D eigenvalue weighted by Crippen LogP contribution is 2.35. The average molecular weight is 495 g/mol. The lowest BCUT2D eigenvalue weighted by Gasteiger charge is -2.11. The molecule has 4 heterocycles. The number of pyridine rings is 1. The number of nitrogens with one attached hydrogen (secondary N) is 1. The topological polar surface area (TPSA) is 112 Å². The Morgan fingerprint density at radius 2 is 1.97 bits per heavy atom. The van der Waals surface area contributed by atoms with E-state index in [2.05, 4.69) is 25.4 Å². The van der Waals surface area contributed by atoms with E-state index in [1.165, 1.54) is 23.7 Å². The second-order valence-electron chi connectivity index (χ2n) is 7.64. The molecule has 0 aliphatic heterocycles. The van der Waals surface area contributed by atoms with Gasteiger partial charge in [-0.05, 0) is 36.8 Å². The van der Waals surface area contributed by atoms with Crippen molar-refractivity contribution in [2.75, 3.05) is 11.1 Å². The van der Waals surface area contributed by atoms with Crippen LogP contribution in [0.3, 0.4) is 0 Å². The quantitative estimate of drug-likeness (QED) is 0.359. The standard InChI is InChI=1S/C23H16F3N7OS/c1-12-2-3-15(32-22(34)13-4-5-28-18(6-13)23(24,25)26)7-17(12)33-9-14(8-31-33)16-10-35-20-19(16)29-11-30-21(20)27/h2-11H,1H3,(H,32,34)(H2,27,29,30). The van der Waals surface area contributed by atoms with Gasteiger partial charge in [-0.2, -0.15) is 18.3 Å². The molecule has 12 heteroatoms. The van der Waals surface area contributed by atoms with Gasteiger partial charge in [0.1, 0.15) is 17.8 Å². The fraction of sp³-hybridized carbons (Fsp3) is 0.0870. The van der Waals surface area contributed by atoms with E-state index in [9.17, 15) is 18.0 Å². The van der Waals surface area contributed by atoms with Crippen molar-refractivity contribution in [1.29, 1.82) is 0 Å². The maximum Gasteiger partial charge on any atom is 0.433 e. The lowest BCUT2D eigenvalue weighted by molar-refractivity contribution is -0.141. The van der Waals surface area contributed by atoms with Crippen molar-refractivity contribution in [3.05, 3.63) is 77.5 Å². The third-order valence-corrected chi connectivity index (χ3v) is 6.29. The number of nitrogens with two attached hydrogens (primary N) is 1. The van der Waals surface area contributed by atoms with E-state index < -0.39 is 17.8 Å². The van der Waals surface area contributed by atoms with E-state index in [-0.39, 0.29) is 5.56 Å². The molecule has 0 aliphatic rings. The van der Waals surface area contributed by atoms with Gasteiger partial charge in [0.2, 0.25) is 0 Å². The molecule has 0 saturated heterocycles. The molecule has 0 saturated carbocycles. The number of benzene rings is 1. The highest BCUT2D eigenvalue weighted by atomic mass is 32.1. The van der Waals surface area contributed by atoms with Crippen LogP contribution in [0.1, 0.15) is 21.6 Å². The van der Waals surface area contributed by atoms with Crippen LogP contribution in [0.4, 0.5) is 24.7 Å². The minimum Gasteiger partial charge on any atom is -0.382 e. The molecule has 5 rings (SSSR count). The van der Waals surface area contributed by atoms with Gasteiger partial charge in [-0.25, -0.2) is 14.6 Å². The van der Waals surface area contributed by atoms with Gasteiger partial charge in [-0.15, -0.1) is 11.3 Å². The molecule has 35 heavy (non-hydrogen) atoms. The van der Waals surface area contributed by atoms with Gasteiger partial charge in [0.15, 0.2) is 0 Å². The normalized spacial score (nSPS) is 11.7. The fourth-order valence-electron chi connectivity index (χ4n) is 3.53. The molecule has 4 aromatic heterocycles. The zero-order valence-electron chi connectivity index (χ0n) is 18.0. The second kappa shape index (κ2) is 8.47. The van der Waals surface area contributed by atoms with Crippen molar-refractivity contribution >= 4 is 39.0 Å². The molecular formula is C23H16F3N7OS. The number of aromatic nitrogens is 5. The first-order valence-corrected chi connectivity index (χ1v) is 11.1. The Bertz CT molecular complexity index is 1580. The van der Waals surface area contributed by atoms with Gasteiger partial charge < -0.3 is 11.1 Å². The van der Waals surface area contributed by atoms with Crippen molar-refractivity contribution in [3.8, 4) is 16.8 Å². The Hall–Kier alpha value is -4.32. The summed E-state index contributed by atoms with van der Waals surface area (Å²) in [4.78, 5) is 24.2. The summed E-state index contributed by atoms with van der Waals surface area (Å²) in [5, 5.41) is 9.02. The Balaban J connectivity index is 1.43. The summed E-state index contributed by atoms with van der Waals surface area (Å²) < 4.78 is 41.3. The third-order valence-electron chi connectivity index (χ3n) is 5.30. The number of rotatable bonds is 4. The molecule has 0 atom stereocenters. The smallest absolute Gasteiger partial charge is 0.382 e. The molecule has 176 valence electrons. The molecule has 0 bridgehead atoms. The molecule has 5 aromatic rings. The van der Waals surface area contributed by atoms with Gasteiger partial charge in [0, 0.05) is 40.2 Å². The van der Waals surface area contributed by atoms with Crippen molar-refractivity contribution in [2.24, 2.45) is 0 Å². The third kappa shape index (κ3) is 4.30. The molecular weight excluding hydrogens is 479 g/mol. The highest BCUT2D eigenvalue weighted by molar-refractivity contribution is 7.18. The molecule has 0 unspecified atom stereocenters. The Labute approximate surface area is 200 Å². The zero-order chi connectivity index (χ0) is 24.7. The number of thiophene rings is 1. The average Bonchev–Trinajstić information content (AvgIpc) is 3.48. The molecule has 0 radical (unpaired) electrons. The van der Waals surface area contributed by atoms with E-state index in [1.807, 2.05) is 18.5 Å². The lowest BCUT2D eigenvalue weighted by Crippen LogP contribution is -2.15. The largest absolute Gasteiger partial charge is 0.433 e. The summed E-state index contributed by atoms with van der Waals surface area (Å²) in [6.45, 7) is 1.88. The number of alkyl halides is 3. The number of hydrogen-bond acceptors (Lipinski definition) is 7. The maximum atomic E-state index is 12.9. The van der Waals surface area contributed by atoms with E-state index >= 15 is 0 Å². The number of halogens is 3. The summed E-state index contributed by atoms with van der Waals surface area (Å²) >= 11 is 1.44. The number of aryl methyl sites for hydroxylation is 1. The number of nitrogens with zero attached hydrogens (tertiary/aromatic N) is 5. The fourth-order valence-corrected chi connectivity index (χ4v) is 4.46. The summed E-state index contributed by atoms with van der Waals surface area (Å²) in [6, 6.07) is 7.08. The van der Waals surface area contributed by atoms with Crippen LogP contribution >= 0.6 is 11.3 Å². The van der Waals surface area contributed by atoms with Crippen molar-refractivity contribution in [2.45, 2.75) is 13.1 Å². The van der Waals surface area contributed by atoms with Crippen LogP contribution in [0.25, 0.3) is 27.0 Å². The minimum atomic E-state index is -4.64. The monoisotopic (exact) mass is 495 g/mol. The van der Waals surface area contributed by atoms with Crippen LogP contribution in [0.5, 0.6) is 0 Å². The molecule has 3 N–H and O–H groups in total. The Morgan fingerprint density at radius 1 is 1.14 bits per heavy atom. The Morgan fingerprint density at radius 3 is 2.77 bits per heavy atom. The molecule has 1 amide bonds. The van der Waals surface area contributed by atoms with Crippen LogP contribution in [-0.2, 0) is 6.18 Å². The SMILES string of the molecule is Cc1ccc(NC(=O)c2ccnc(C(F)(F)F)c2)cc1-n1cc(-c2csc3c(N)ncnc23)cn1. The lowest BCUT2D eigenvalue weighted by atomic mass is 10.1. The first-order chi connectivity index (χ1) is 16.7. The van der Waals surface area contributed by atoms with Crippen molar-refractivity contribution in [3.63, 3.8) is 0 Å². The molecule has 0 aliphatic carbocycles. The van der Waals surface area contributed by atoms with Gasteiger partial charge >= 0.3 is 6.18 Å². The highest BCUT2D eigenvalue weighted by Gasteiger charge is 2.33. The van der Waals surface area contributed by atoms with Crippen LogP contribution < -0.4 is 11.1 Å². The van der Waals surface area contributed by atoms with E-state index in [0.717, 1.165) is 33.1 Å². The van der Waals surface area contributed by atoms with Crippen molar-refractivity contribution in [1.82, 2.24) is 24.7 Å². The van der Waals surface area contributed by atoms with Gasteiger partial charge in [0.05, 0.1) is 22.1 Å². The summed E-state index contributed by atoms with van der Waals surface area (Å²) in [5.74, 6) is -0.273. The molecule has 0 fully saturated rings. The number of fused-ring (bicyclic) bond motifs is 1. The summed E-state index contributed by atoms with van der Waals surface area (Å²) in [6.07, 6.45) is 1.24. The summed E-state index contributed by atoms with van der Waals surface area (Å²) in [5.41, 5.74) is 9.04. The molecule has 0 spiro atoms. The van der Waals surface area contributed by atoms with Gasteiger partial charge in [0.25, 0.3) is 5.91 Å². The van der Waals surface area contributed by atoms with E-state index in [1.54, 1.807) is 29.1 Å². The number of amides is 1. The van der Waals surface area contributed by atoms with Crippen LogP contribution in [0, 0.1) is 6.92 Å². The first-order valence-electron chi connectivity index (χ1n) is 10.2. The second-order valence-corrected chi connectivity index (χ2v) is 8.52. The summed E-state index contributed by atoms with van der Waals surface area (Å²) in [7, 11) is 0. The van der Waals surface area contributed by atoms with E-state index in [0.29, 0.717) is 23.3 Å². The molecule has 1 aromatic carbocycles. The number of nitrogen functional groups attached to an aromatic ring is 1. The zero-order valence-corrected chi connectivity index (χ0v) is 18.9. The van der Waals surface area contributed by atoms with Gasteiger partial charge in [-0.3, -0.25) is 9.78 Å². The Kier molecular flexibility index (Phi) is 5.44. The number of carbonyl (C=O) groups excluding carboxylic acids is 1. The number of carbonyl (C=O) groups is 1. The van der Waals surface area contributed by atoms with E-state index in [4.69, 9.17) is 5.73 Å². The van der Waals surface area contributed by atoms with Crippen LogP contribution in [0.2, 0.25) is 0 Å². The predicted molar refractivity (Wildman–Crippen MR) is 126 cm³/mol. The molecule has 8 nitrogen and oxygen atoms in total. The van der Waals surface area contributed by atoms with Crippen molar-refractivity contribution < 1.29 is 18.0 Å². The van der Waals surface area contributed by atoms with Crippen LogP contribution in [0.15, 0.2) is 60.6 Å². The van der Waals surface area contributed by atoms with Crippen LogP contribution in [-0.4, -0.2) is 30.6 Å². The maximum absolute atomic E-state index is 12.9. The predicted octanol–water partition coefficient (Wildman–Crippen LogP) is 5.10. The minimum absolute atomic E-state index is 0.151. The number of anilines is 2. The van der Waals surface area contributed by atoms with Gasteiger partial charge in [-0.1, -0.05) is 6.07 Å². The first kappa shape index (κ1) is 22.5.